The van der Waals surface area contributed by atoms with Gasteiger partial charge in [-0.05, 0) is 12.8 Å². The minimum absolute atomic E-state index is 0.0402. The molecule has 0 radical (unpaired) electrons. The van der Waals surface area contributed by atoms with Gasteiger partial charge in [-0.1, -0.05) is 12.8 Å². The first-order valence-electron chi connectivity index (χ1n) is 4.12. The molecule has 0 aliphatic rings. The van der Waals surface area contributed by atoms with Gasteiger partial charge in [-0.25, -0.2) is 0 Å². The summed E-state index contributed by atoms with van der Waals surface area (Å²) < 4.78 is 54.1. The van der Waals surface area contributed by atoms with Crippen molar-refractivity contribution >= 4 is 17.5 Å². The summed E-state index contributed by atoms with van der Waals surface area (Å²) in [6, 6.07) is 0. The summed E-state index contributed by atoms with van der Waals surface area (Å²) in [6.45, 7) is 0.0803. The van der Waals surface area contributed by atoms with E-state index < -0.39 is 17.5 Å². The van der Waals surface area contributed by atoms with E-state index in [9.17, 15) is 16.8 Å². The maximum atomic E-state index is 11.5. The molecule has 14 heavy (non-hydrogen) atoms. The lowest BCUT2D eigenvalue weighted by molar-refractivity contribution is 0.281. The fraction of sp³-hybridized carbons (Fsp3) is 1.00. The minimum atomic E-state index is -3.26. The zero-order chi connectivity index (χ0) is 10.8. The van der Waals surface area contributed by atoms with Gasteiger partial charge in [0.15, 0.2) is 0 Å². The first-order chi connectivity index (χ1) is 6.63. The molecule has 0 saturated carbocycles. The normalized spacial score (nSPS) is 11.6. The van der Waals surface area contributed by atoms with Gasteiger partial charge in [0.25, 0.3) is 0 Å². The molecule has 0 aromatic carbocycles. The van der Waals surface area contributed by atoms with Crippen LogP contribution >= 0.6 is 17.5 Å². The molecule has 8 heteroatoms. The summed E-state index contributed by atoms with van der Waals surface area (Å²) >= 11 is 0. The Morgan fingerprint density at radius 2 is 1.00 bits per heavy atom. The van der Waals surface area contributed by atoms with E-state index in [0.717, 1.165) is 0 Å². The highest BCUT2D eigenvalue weighted by atomic mass is 31.2. The van der Waals surface area contributed by atoms with E-state index >= 15 is 0 Å². The quantitative estimate of drug-likeness (QED) is 0.330. The molecular formula is C6H12F4O2P2. The van der Waals surface area contributed by atoms with E-state index in [0.29, 0.717) is 25.7 Å². The second-order valence-electron chi connectivity index (χ2n) is 2.48. The molecule has 0 heterocycles. The Labute approximate surface area is 83.1 Å². The second-order valence-corrected chi connectivity index (χ2v) is 3.81. The maximum absolute atomic E-state index is 11.5. The van der Waals surface area contributed by atoms with Crippen LogP contribution in [-0.4, -0.2) is 13.2 Å². The lowest BCUT2D eigenvalue weighted by Gasteiger charge is -2.02. The summed E-state index contributed by atoms with van der Waals surface area (Å²) in [5, 5.41) is 0. The standard InChI is InChI=1S/C6H12F4O2P2/c7-13(8)11-5-3-1-2-4-6-12-14(9)10/h1-6H2. The predicted octanol–water partition coefficient (Wildman–Crippen LogP) is 4.91. The average Bonchev–Trinajstić information content (AvgIpc) is 2.08. The van der Waals surface area contributed by atoms with Gasteiger partial charge >= 0.3 is 17.5 Å². The van der Waals surface area contributed by atoms with Crippen molar-refractivity contribution in [3.8, 4) is 0 Å². The number of halogens is 4. The molecule has 0 saturated heterocycles. The second kappa shape index (κ2) is 10.0. The highest BCUT2D eigenvalue weighted by Crippen LogP contribution is 2.40. The number of hydrogen-bond donors (Lipinski definition) is 0. The van der Waals surface area contributed by atoms with Gasteiger partial charge in [0.2, 0.25) is 0 Å². The minimum Gasteiger partial charge on any atom is -0.306 e. The van der Waals surface area contributed by atoms with E-state index in [1.807, 2.05) is 0 Å². The van der Waals surface area contributed by atoms with Gasteiger partial charge < -0.3 is 9.05 Å². The van der Waals surface area contributed by atoms with Crippen LogP contribution in [0, 0.1) is 0 Å². The summed E-state index contributed by atoms with van der Waals surface area (Å²) in [5.74, 6) is 0. The van der Waals surface area contributed by atoms with E-state index in [4.69, 9.17) is 0 Å². The third-order valence-electron chi connectivity index (χ3n) is 1.42. The number of unbranched alkanes of at least 4 members (excludes halogenated alkanes) is 3. The molecule has 0 fully saturated rings. The van der Waals surface area contributed by atoms with Crippen LogP contribution in [0.3, 0.4) is 0 Å². The van der Waals surface area contributed by atoms with E-state index in [1.165, 1.54) is 0 Å². The lowest BCUT2D eigenvalue weighted by Crippen LogP contribution is -1.90. The van der Waals surface area contributed by atoms with Crippen molar-refractivity contribution in [2.45, 2.75) is 25.7 Å². The fourth-order valence-electron chi connectivity index (χ4n) is 0.825. The summed E-state index contributed by atoms with van der Waals surface area (Å²) in [7, 11) is -6.52. The van der Waals surface area contributed by atoms with Gasteiger partial charge in [0.05, 0.1) is 13.2 Å². The fourth-order valence-corrected chi connectivity index (χ4v) is 1.36. The maximum Gasteiger partial charge on any atom is 0.415 e. The molecule has 0 rings (SSSR count). The SMILES string of the molecule is FP(F)OCCCCCCOP(F)F. The molecule has 86 valence electrons. The van der Waals surface area contributed by atoms with Gasteiger partial charge in [0, 0.05) is 0 Å². The Kier molecular flexibility index (Phi) is 10.4. The van der Waals surface area contributed by atoms with Gasteiger partial charge in [-0.15, -0.1) is 0 Å². The van der Waals surface area contributed by atoms with Crippen molar-refractivity contribution in [3.63, 3.8) is 0 Å². The first kappa shape index (κ1) is 14.5. The molecule has 0 bridgehead atoms. The summed E-state index contributed by atoms with van der Waals surface area (Å²) in [6.07, 6.45) is 2.46. The zero-order valence-electron chi connectivity index (χ0n) is 7.47. The Balaban J connectivity index is 2.92. The van der Waals surface area contributed by atoms with E-state index in [-0.39, 0.29) is 13.2 Å². The Morgan fingerprint density at radius 3 is 1.29 bits per heavy atom. The van der Waals surface area contributed by atoms with Crippen LogP contribution in [0.15, 0.2) is 0 Å². The average molecular weight is 254 g/mol. The van der Waals surface area contributed by atoms with Crippen LogP contribution in [0.25, 0.3) is 0 Å². The molecule has 0 aromatic rings. The third-order valence-corrected chi connectivity index (χ3v) is 2.17. The Morgan fingerprint density at radius 1 is 0.643 bits per heavy atom. The number of hydrogen-bond acceptors (Lipinski definition) is 2. The van der Waals surface area contributed by atoms with Crippen molar-refractivity contribution in [1.29, 1.82) is 0 Å². The largest absolute Gasteiger partial charge is 0.415 e. The zero-order valence-corrected chi connectivity index (χ0v) is 9.25. The highest BCUT2D eigenvalue weighted by Gasteiger charge is 2.04. The molecule has 0 unspecified atom stereocenters. The number of rotatable bonds is 9. The van der Waals surface area contributed by atoms with Crippen LogP contribution in [0.5, 0.6) is 0 Å². The van der Waals surface area contributed by atoms with Crippen molar-refractivity contribution in [3.05, 3.63) is 0 Å². The van der Waals surface area contributed by atoms with Crippen LogP contribution in [0.1, 0.15) is 25.7 Å². The molecule has 0 aliphatic heterocycles. The van der Waals surface area contributed by atoms with Gasteiger partial charge in [-0.3, -0.25) is 0 Å². The van der Waals surface area contributed by atoms with E-state index in [1.54, 1.807) is 0 Å². The van der Waals surface area contributed by atoms with E-state index in [2.05, 4.69) is 9.05 Å². The molecule has 0 spiro atoms. The van der Waals surface area contributed by atoms with Gasteiger partial charge in [-0.2, -0.15) is 16.8 Å². The topological polar surface area (TPSA) is 18.5 Å². The molecule has 0 amide bonds. The molecule has 0 aromatic heterocycles. The Bertz CT molecular complexity index is 114. The van der Waals surface area contributed by atoms with Gasteiger partial charge in [0.1, 0.15) is 0 Å². The van der Waals surface area contributed by atoms with Crippen molar-refractivity contribution in [1.82, 2.24) is 0 Å². The van der Waals surface area contributed by atoms with Crippen LogP contribution in [0.4, 0.5) is 16.8 Å². The molecular weight excluding hydrogens is 242 g/mol. The van der Waals surface area contributed by atoms with Crippen LogP contribution in [0.2, 0.25) is 0 Å². The summed E-state index contributed by atoms with van der Waals surface area (Å²) in [4.78, 5) is 0. The lowest BCUT2D eigenvalue weighted by atomic mass is 10.2. The molecule has 2 nitrogen and oxygen atoms in total. The van der Waals surface area contributed by atoms with Crippen molar-refractivity contribution < 1.29 is 25.8 Å². The molecule has 0 N–H and O–H groups in total. The third kappa shape index (κ3) is 12.5. The molecule has 0 atom stereocenters. The highest BCUT2D eigenvalue weighted by molar-refractivity contribution is 7.40. The van der Waals surface area contributed by atoms with Crippen molar-refractivity contribution in [2.75, 3.05) is 13.2 Å². The monoisotopic (exact) mass is 254 g/mol. The van der Waals surface area contributed by atoms with Crippen LogP contribution in [-0.2, 0) is 9.05 Å². The smallest absolute Gasteiger partial charge is 0.306 e. The van der Waals surface area contributed by atoms with Crippen LogP contribution < -0.4 is 0 Å². The Hall–Kier alpha value is 0.500. The first-order valence-corrected chi connectivity index (χ1v) is 6.20. The summed E-state index contributed by atoms with van der Waals surface area (Å²) in [5.41, 5.74) is 0. The van der Waals surface area contributed by atoms with Crippen molar-refractivity contribution in [2.24, 2.45) is 0 Å². The molecule has 0 aliphatic carbocycles. The predicted molar refractivity (Wildman–Crippen MR) is 48.6 cm³/mol.